The standard InChI is InChI=1S/C20H28N4O/c1-21-12-13-24(2)15-16-14-22-23-20(16)18-10-6-7-11-19(18)25-17-8-4-3-5-9-17/h3-11,16,20-23H,12-15H2,1-2H3. The van der Waals surface area contributed by atoms with E-state index in [1.165, 1.54) is 5.56 Å². The number of rotatable bonds is 8. The third kappa shape index (κ3) is 4.80. The van der Waals surface area contributed by atoms with Crippen molar-refractivity contribution in [3.63, 3.8) is 0 Å². The molecule has 1 aliphatic heterocycles. The van der Waals surface area contributed by atoms with E-state index in [0.29, 0.717) is 5.92 Å². The van der Waals surface area contributed by atoms with Crippen LogP contribution in [0.15, 0.2) is 54.6 Å². The van der Waals surface area contributed by atoms with Gasteiger partial charge in [-0.25, -0.2) is 5.43 Å². The lowest BCUT2D eigenvalue weighted by molar-refractivity contribution is 0.269. The summed E-state index contributed by atoms with van der Waals surface area (Å²) in [5.74, 6) is 2.27. The maximum Gasteiger partial charge on any atom is 0.132 e. The van der Waals surface area contributed by atoms with Crippen molar-refractivity contribution < 1.29 is 4.74 Å². The summed E-state index contributed by atoms with van der Waals surface area (Å²) in [7, 11) is 4.17. The van der Waals surface area contributed by atoms with Gasteiger partial charge >= 0.3 is 0 Å². The molecule has 2 aromatic rings. The van der Waals surface area contributed by atoms with E-state index in [2.05, 4.69) is 40.2 Å². The van der Waals surface area contributed by atoms with Crippen molar-refractivity contribution in [2.45, 2.75) is 6.04 Å². The van der Waals surface area contributed by atoms with Crippen LogP contribution in [0.4, 0.5) is 0 Å². The summed E-state index contributed by atoms with van der Waals surface area (Å²) < 4.78 is 6.15. The molecule has 0 saturated carbocycles. The van der Waals surface area contributed by atoms with Crippen molar-refractivity contribution in [3.05, 3.63) is 60.2 Å². The van der Waals surface area contributed by atoms with E-state index >= 15 is 0 Å². The summed E-state index contributed by atoms with van der Waals surface area (Å²) in [5.41, 5.74) is 7.96. The van der Waals surface area contributed by atoms with Gasteiger partial charge in [0.15, 0.2) is 0 Å². The molecule has 2 aromatic carbocycles. The molecule has 25 heavy (non-hydrogen) atoms. The minimum Gasteiger partial charge on any atom is -0.457 e. The number of benzene rings is 2. The van der Waals surface area contributed by atoms with Gasteiger partial charge in [0.1, 0.15) is 11.5 Å². The predicted molar refractivity (Wildman–Crippen MR) is 102 cm³/mol. The number of hydrogen-bond acceptors (Lipinski definition) is 5. The molecule has 134 valence electrons. The molecule has 1 saturated heterocycles. The molecule has 0 amide bonds. The van der Waals surface area contributed by atoms with Gasteiger partial charge in [-0.1, -0.05) is 36.4 Å². The molecule has 0 aliphatic carbocycles. The Bertz CT molecular complexity index is 649. The summed E-state index contributed by atoms with van der Waals surface area (Å²) in [6, 6.07) is 18.5. The molecule has 1 aliphatic rings. The van der Waals surface area contributed by atoms with Crippen LogP contribution < -0.4 is 20.9 Å². The first-order chi connectivity index (χ1) is 12.3. The topological polar surface area (TPSA) is 48.6 Å². The summed E-state index contributed by atoms with van der Waals surface area (Å²) in [6.45, 7) is 4.03. The van der Waals surface area contributed by atoms with Crippen molar-refractivity contribution in [1.82, 2.24) is 21.1 Å². The van der Waals surface area contributed by atoms with E-state index in [1.807, 2.05) is 49.5 Å². The summed E-state index contributed by atoms with van der Waals surface area (Å²) in [6.07, 6.45) is 0. The minimum atomic E-state index is 0.233. The molecule has 0 aromatic heterocycles. The zero-order valence-corrected chi connectivity index (χ0v) is 15.0. The normalized spacial score (nSPS) is 20.1. The van der Waals surface area contributed by atoms with E-state index in [1.54, 1.807) is 0 Å². The van der Waals surface area contributed by atoms with Gasteiger partial charge in [0.25, 0.3) is 0 Å². The molecule has 0 bridgehead atoms. The Morgan fingerprint density at radius 2 is 1.88 bits per heavy atom. The second-order valence-corrected chi connectivity index (χ2v) is 6.58. The smallest absolute Gasteiger partial charge is 0.132 e. The molecule has 0 spiro atoms. The molecule has 2 atom stereocenters. The molecule has 5 heteroatoms. The first kappa shape index (κ1) is 17.9. The van der Waals surface area contributed by atoms with Gasteiger partial charge in [0, 0.05) is 37.7 Å². The number of likely N-dealkylation sites (N-methyl/N-ethyl adjacent to an activating group) is 2. The number of ether oxygens (including phenoxy) is 1. The summed E-state index contributed by atoms with van der Waals surface area (Å²) >= 11 is 0. The third-order valence-electron chi connectivity index (χ3n) is 4.61. The van der Waals surface area contributed by atoms with Crippen LogP contribution in [0.5, 0.6) is 11.5 Å². The van der Waals surface area contributed by atoms with Crippen LogP contribution in [0.25, 0.3) is 0 Å². The SMILES string of the molecule is CNCCN(C)CC1CNNC1c1ccccc1Oc1ccccc1. The van der Waals surface area contributed by atoms with Gasteiger partial charge in [0.05, 0.1) is 6.04 Å². The molecule has 1 heterocycles. The highest BCUT2D eigenvalue weighted by atomic mass is 16.5. The van der Waals surface area contributed by atoms with Crippen LogP contribution in [-0.2, 0) is 0 Å². The Labute approximate surface area is 150 Å². The zero-order valence-electron chi connectivity index (χ0n) is 15.0. The number of hydrazine groups is 1. The molecule has 3 rings (SSSR count). The maximum absolute atomic E-state index is 6.15. The second-order valence-electron chi connectivity index (χ2n) is 6.58. The third-order valence-corrected chi connectivity index (χ3v) is 4.61. The van der Waals surface area contributed by atoms with Crippen molar-refractivity contribution in [1.29, 1.82) is 0 Å². The highest BCUT2D eigenvalue weighted by Crippen LogP contribution is 2.34. The van der Waals surface area contributed by atoms with E-state index < -0.39 is 0 Å². The molecular formula is C20H28N4O. The van der Waals surface area contributed by atoms with Gasteiger partial charge in [-0.2, -0.15) is 0 Å². The zero-order chi connectivity index (χ0) is 17.5. The van der Waals surface area contributed by atoms with Gasteiger partial charge in [-0.05, 0) is 32.3 Å². The molecular weight excluding hydrogens is 312 g/mol. The lowest BCUT2D eigenvalue weighted by Gasteiger charge is -2.26. The van der Waals surface area contributed by atoms with Crippen LogP contribution in [0, 0.1) is 5.92 Å². The monoisotopic (exact) mass is 340 g/mol. The predicted octanol–water partition coefficient (Wildman–Crippen LogP) is 2.40. The Kier molecular flexibility index (Phi) is 6.42. The van der Waals surface area contributed by atoms with Gasteiger partial charge < -0.3 is 15.0 Å². The molecule has 0 radical (unpaired) electrons. The first-order valence-corrected chi connectivity index (χ1v) is 8.91. The number of nitrogens with one attached hydrogen (secondary N) is 3. The van der Waals surface area contributed by atoms with Crippen molar-refractivity contribution in [2.24, 2.45) is 5.92 Å². The van der Waals surface area contributed by atoms with Gasteiger partial charge in [-0.3, -0.25) is 5.43 Å². The van der Waals surface area contributed by atoms with Crippen molar-refractivity contribution >= 4 is 0 Å². The fraction of sp³-hybridized carbons (Fsp3) is 0.400. The average molecular weight is 340 g/mol. The Hall–Kier alpha value is -1.92. The van der Waals surface area contributed by atoms with Gasteiger partial charge in [0.2, 0.25) is 0 Å². The average Bonchev–Trinajstić information content (AvgIpc) is 3.09. The van der Waals surface area contributed by atoms with Crippen molar-refractivity contribution in [2.75, 3.05) is 40.3 Å². The fourth-order valence-corrected chi connectivity index (χ4v) is 3.28. The quantitative estimate of drug-likeness (QED) is 0.689. The van der Waals surface area contributed by atoms with Crippen LogP contribution >= 0.6 is 0 Å². The maximum atomic E-state index is 6.15. The van der Waals surface area contributed by atoms with Crippen LogP contribution in [0.2, 0.25) is 0 Å². The van der Waals surface area contributed by atoms with Crippen LogP contribution in [0.1, 0.15) is 11.6 Å². The molecule has 5 nitrogen and oxygen atoms in total. The largest absolute Gasteiger partial charge is 0.457 e. The van der Waals surface area contributed by atoms with Crippen LogP contribution in [-0.4, -0.2) is 45.2 Å². The highest BCUT2D eigenvalue weighted by Gasteiger charge is 2.31. The summed E-state index contributed by atoms with van der Waals surface area (Å²) in [4.78, 5) is 2.38. The van der Waals surface area contributed by atoms with E-state index in [0.717, 1.165) is 37.7 Å². The number of hydrogen-bond donors (Lipinski definition) is 3. The Balaban J connectivity index is 1.74. The Morgan fingerprint density at radius 3 is 2.68 bits per heavy atom. The fourth-order valence-electron chi connectivity index (χ4n) is 3.28. The first-order valence-electron chi connectivity index (χ1n) is 8.91. The van der Waals surface area contributed by atoms with E-state index in [-0.39, 0.29) is 6.04 Å². The summed E-state index contributed by atoms with van der Waals surface area (Å²) in [5, 5.41) is 3.21. The lowest BCUT2D eigenvalue weighted by Crippen LogP contribution is -2.34. The second kappa shape index (κ2) is 8.97. The molecule has 2 unspecified atom stereocenters. The minimum absolute atomic E-state index is 0.233. The molecule has 3 N–H and O–H groups in total. The Morgan fingerprint density at radius 1 is 1.12 bits per heavy atom. The highest BCUT2D eigenvalue weighted by molar-refractivity contribution is 5.40. The van der Waals surface area contributed by atoms with Crippen LogP contribution in [0.3, 0.4) is 0 Å². The number of para-hydroxylation sites is 2. The van der Waals surface area contributed by atoms with E-state index in [4.69, 9.17) is 4.74 Å². The van der Waals surface area contributed by atoms with Gasteiger partial charge in [-0.15, -0.1) is 0 Å². The van der Waals surface area contributed by atoms with E-state index in [9.17, 15) is 0 Å². The lowest BCUT2D eigenvalue weighted by atomic mass is 9.93. The van der Waals surface area contributed by atoms with Crippen molar-refractivity contribution in [3.8, 4) is 11.5 Å². The molecule has 1 fully saturated rings. The number of nitrogens with zero attached hydrogens (tertiary/aromatic N) is 1.